The van der Waals surface area contributed by atoms with E-state index in [-0.39, 0.29) is 5.91 Å². The molecule has 1 fully saturated rings. The summed E-state index contributed by atoms with van der Waals surface area (Å²) in [6, 6.07) is 7.46. The van der Waals surface area contributed by atoms with E-state index >= 15 is 0 Å². The summed E-state index contributed by atoms with van der Waals surface area (Å²) in [5.41, 5.74) is 0.893. The quantitative estimate of drug-likeness (QED) is 0.816. The van der Waals surface area contributed by atoms with Gasteiger partial charge in [0.2, 0.25) is 0 Å². The van der Waals surface area contributed by atoms with Crippen LogP contribution in [0.3, 0.4) is 0 Å². The van der Waals surface area contributed by atoms with E-state index in [0.29, 0.717) is 23.8 Å². The number of quaternary nitrogens is 1. The zero-order valence-corrected chi connectivity index (χ0v) is 13.8. The van der Waals surface area contributed by atoms with E-state index in [1.54, 1.807) is 24.3 Å². The van der Waals surface area contributed by atoms with Crippen molar-refractivity contribution in [3.05, 3.63) is 29.8 Å². The van der Waals surface area contributed by atoms with Crippen molar-refractivity contribution in [3.8, 4) is 0 Å². The van der Waals surface area contributed by atoms with Gasteiger partial charge in [0.25, 0.3) is 5.91 Å². The molecule has 23 heavy (non-hydrogen) atoms. The predicted octanol–water partition coefficient (Wildman–Crippen LogP) is 2.09. The molecule has 3 N–H and O–H groups in total. The molecule has 5 heteroatoms. The van der Waals surface area contributed by atoms with Crippen LogP contribution >= 0.6 is 0 Å². The second-order valence-corrected chi connectivity index (χ2v) is 6.13. The first kappa shape index (κ1) is 17.5. The van der Waals surface area contributed by atoms with E-state index in [2.05, 4.69) is 10.6 Å². The molecule has 126 valence electrons. The van der Waals surface area contributed by atoms with Gasteiger partial charge in [-0.05, 0) is 37.8 Å². The number of nitrogens with two attached hydrogens (primary N) is 1. The van der Waals surface area contributed by atoms with Gasteiger partial charge in [0, 0.05) is 0 Å². The SMILES string of the molecule is COC(=O)c1ccccc1NC(=O)C[NH2+]C1CCCCCCC1. The molecule has 2 rings (SSSR count). The molecule has 0 aromatic heterocycles. The minimum atomic E-state index is -0.440. The van der Waals surface area contributed by atoms with Crippen LogP contribution < -0.4 is 10.6 Å². The van der Waals surface area contributed by atoms with E-state index in [0.717, 1.165) is 0 Å². The van der Waals surface area contributed by atoms with Gasteiger partial charge in [0.15, 0.2) is 6.54 Å². The van der Waals surface area contributed by atoms with E-state index in [1.807, 2.05) is 0 Å². The van der Waals surface area contributed by atoms with Crippen LogP contribution in [0, 0.1) is 0 Å². The number of benzene rings is 1. The van der Waals surface area contributed by atoms with Gasteiger partial charge in [-0.25, -0.2) is 4.79 Å². The molecule has 1 saturated carbocycles. The van der Waals surface area contributed by atoms with E-state index in [1.165, 1.54) is 52.1 Å². The fraction of sp³-hybridized carbons (Fsp3) is 0.556. The first-order chi connectivity index (χ1) is 11.2. The number of esters is 1. The first-order valence-electron chi connectivity index (χ1n) is 8.51. The minimum Gasteiger partial charge on any atom is -0.465 e. The molecule has 0 atom stereocenters. The summed E-state index contributed by atoms with van der Waals surface area (Å²) in [4.78, 5) is 23.9. The second-order valence-electron chi connectivity index (χ2n) is 6.13. The Balaban J connectivity index is 1.86. The number of rotatable bonds is 5. The van der Waals surface area contributed by atoms with E-state index < -0.39 is 5.97 Å². The lowest BCUT2D eigenvalue weighted by atomic mass is 9.97. The van der Waals surface area contributed by atoms with Gasteiger partial charge in [-0.1, -0.05) is 31.4 Å². The van der Waals surface area contributed by atoms with Crippen molar-refractivity contribution >= 4 is 17.6 Å². The Hall–Kier alpha value is -1.88. The average molecular weight is 319 g/mol. The summed E-state index contributed by atoms with van der Waals surface area (Å²) >= 11 is 0. The van der Waals surface area contributed by atoms with Crippen LogP contribution in [-0.4, -0.2) is 31.6 Å². The normalized spacial score (nSPS) is 16.2. The molecular formula is C18H27N2O3+. The number of hydrogen-bond acceptors (Lipinski definition) is 3. The summed E-state index contributed by atoms with van der Waals surface area (Å²) in [5.74, 6) is -0.520. The van der Waals surface area contributed by atoms with E-state index in [9.17, 15) is 9.59 Å². The summed E-state index contributed by atoms with van der Waals surface area (Å²) in [5, 5.41) is 4.96. The van der Waals surface area contributed by atoms with Crippen LogP contribution in [0.2, 0.25) is 0 Å². The smallest absolute Gasteiger partial charge is 0.339 e. The number of para-hydroxylation sites is 1. The maximum Gasteiger partial charge on any atom is 0.339 e. The van der Waals surface area contributed by atoms with Crippen molar-refractivity contribution in [1.82, 2.24) is 0 Å². The summed E-state index contributed by atoms with van der Waals surface area (Å²) in [6.07, 6.45) is 8.85. The van der Waals surface area contributed by atoms with Gasteiger partial charge in [0.05, 0.1) is 24.4 Å². The molecule has 0 heterocycles. The number of ether oxygens (including phenoxy) is 1. The highest BCUT2D eigenvalue weighted by molar-refractivity contribution is 6.01. The third-order valence-corrected chi connectivity index (χ3v) is 4.39. The standard InChI is InChI=1S/C18H26N2O3/c1-23-18(22)15-11-7-8-12-16(15)20-17(21)13-19-14-9-5-3-2-4-6-10-14/h7-8,11-12,14,19H,2-6,9-10,13H2,1H3,(H,20,21)/p+1. The van der Waals surface area contributed by atoms with Gasteiger partial charge in [-0.15, -0.1) is 0 Å². The molecule has 0 saturated heterocycles. The molecule has 1 aromatic carbocycles. The zero-order chi connectivity index (χ0) is 16.5. The maximum atomic E-state index is 12.2. The summed E-state index contributed by atoms with van der Waals surface area (Å²) in [6.45, 7) is 0.389. The summed E-state index contributed by atoms with van der Waals surface area (Å²) < 4.78 is 4.74. The van der Waals surface area contributed by atoms with Crippen LogP contribution in [0.4, 0.5) is 5.69 Å². The van der Waals surface area contributed by atoms with Crippen LogP contribution in [0.1, 0.15) is 55.3 Å². The Morgan fingerprint density at radius 1 is 1.13 bits per heavy atom. The highest BCUT2D eigenvalue weighted by Crippen LogP contribution is 2.16. The molecule has 1 aliphatic rings. The molecule has 0 radical (unpaired) electrons. The van der Waals surface area contributed by atoms with Crippen LogP contribution in [-0.2, 0) is 9.53 Å². The minimum absolute atomic E-state index is 0.0802. The Morgan fingerprint density at radius 3 is 2.48 bits per heavy atom. The van der Waals surface area contributed by atoms with Crippen LogP contribution in [0.5, 0.6) is 0 Å². The average Bonchev–Trinajstić information content (AvgIpc) is 2.53. The fourth-order valence-corrected chi connectivity index (χ4v) is 3.08. The number of amides is 1. The van der Waals surface area contributed by atoms with Gasteiger partial charge < -0.3 is 15.4 Å². The zero-order valence-electron chi connectivity index (χ0n) is 13.8. The number of hydrogen-bond donors (Lipinski definition) is 2. The van der Waals surface area contributed by atoms with Gasteiger partial charge in [0.1, 0.15) is 0 Å². The van der Waals surface area contributed by atoms with Crippen molar-refractivity contribution in [1.29, 1.82) is 0 Å². The van der Waals surface area contributed by atoms with Crippen molar-refractivity contribution < 1.29 is 19.6 Å². The highest BCUT2D eigenvalue weighted by Gasteiger charge is 2.17. The third-order valence-electron chi connectivity index (χ3n) is 4.39. The van der Waals surface area contributed by atoms with Crippen molar-refractivity contribution in [2.45, 2.75) is 51.0 Å². The first-order valence-corrected chi connectivity index (χ1v) is 8.51. The van der Waals surface area contributed by atoms with Crippen LogP contribution in [0.25, 0.3) is 0 Å². The molecule has 0 aliphatic heterocycles. The van der Waals surface area contributed by atoms with Crippen molar-refractivity contribution in [3.63, 3.8) is 0 Å². The fourth-order valence-electron chi connectivity index (χ4n) is 3.08. The molecule has 5 nitrogen and oxygen atoms in total. The number of carbonyl (C=O) groups is 2. The molecule has 1 aromatic rings. The molecule has 1 aliphatic carbocycles. The Kier molecular flexibility index (Phi) is 7.07. The molecule has 0 spiro atoms. The highest BCUT2D eigenvalue weighted by atomic mass is 16.5. The topological polar surface area (TPSA) is 72.0 Å². The van der Waals surface area contributed by atoms with Gasteiger partial charge >= 0.3 is 5.97 Å². The molecule has 1 amide bonds. The lowest BCUT2D eigenvalue weighted by Crippen LogP contribution is -2.91. The molecule has 0 bridgehead atoms. The predicted molar refractivity (Wildman–Crippen MR) is 89.3 cm³/mol. The lowest BCUT2D eigenvalue weighted by Gasteiger charge is -2.18. The largest absolute Gasteiger partial charge is 0.465 e. The third kappa shape index (κ3) is 5.67. The Labute approximate surface area is 137 Å². The van der Waals surface area contributed by atoms with Crippen molar-refractivity contribution in [2.75, 3.05) is 19.0 Å². The Bertz CT molecular complexity index is 523. The molecule has 0 unspecified atom stereocenters. The molecular weight excluding hydrogens is 292 g/mol. The van der Waals surface area contributed by atoms with Crippen molar-refractivity contribution in [2.24, 2.45) is 0 Å². The summed E-state index contributed by atoms with van der Waals surface area (Å²) in [7, 11) is 1.34. The number of nitrogens with one attached hydrogen (secondary N) is 1. The number of carbonyl (C=O) groups excluding carboxylic acids is 2. The lowest BCUT2D eigenvalue weighted by molar-refractivity contribution is -0.680. The monoisotopic (exact) mass is 319 g/mol. The Morgan fingerprint density at radius 2 is 1.78 bits per heavy atom. The van der Waals surface area contributed by atoms with Gasteiger partial charge in [-0.3, -0.25) is 4.79 Å². The van der Waals surface area contributed by atoms with E-state index in [4.69, 9.17) is 4.74 Å². The number of anilines is 1. The van der Waals surface area contributed by atoms with Crippen LogP contribution in [0.15, 0.2) is 24.3 Å². The number of methoxy groups -OCH3 is 1. The second kappa shape index (κ2) is 9.30. The maximum absolute atomic E-state index is 12.2. The van der Waals surface area contributed by atoms with Gasteiger partial charge in [-0.2, -0.15) is 0 Å².